The smallest absolute Gasteiger partial charge is 0.0518 e. The first-order chi connectivity index (χ1) is 4.72. The van der Waals surface area contributed by atoms with Gasteiger partial charge in [0.2, 0.25) is 0 Å². The largest absolute Gasteiger partial charge is 0.307 e. The van der Waals surface area contributed by atoms with Crippen molar-refractivity contribution in [3.05, 3.63) is 0 Å². The van der Waals surface area contributed by atoms with Gasteiger partial charge in [-0.25, -0.2) is 0 Å². The van der Waals surface area contributed by atoms with Gasteiger partial charge in [0.1, 0.15) is 0 Å². The van der Waals surface area contributed by atoms with Gasteiger partial charge in [-0.3, -0.25) is 0 Å². The minimum absolute atomic E-state index is 0.583. The minimum atomic E-state index is 0.583. The van der Waals surface area contributed by atoms with Crippen LogP contribution in [0.25, 0.3) is 0 Å². The summed E-state index contributed by atoms with van der Waals surface area (Å²) in [6, 6.07) is 0.583. The highest BCUT2D eigenvalue weighted by molar-refractivity contribution is 5.59. The second kappa shape index (κ2) is 3.04. The summed E-state index contributed by atoms with van der Waals surface area (Å²) in [7, 11) is 0. The van der Waals surface area contributed by atoms with E-state index in [0.29, 0.717) is 6.04 Å². The summed E-state index contributed by atoms with van der Waals surface area (Å²) in [5.74, 6) is 1.47. The zero-order chi connectivity index (χ0) is 7.56. The molecule has 2 heteroatoms. The third-order valence-corrected chi connectivity index (χ3v) is 2.38. The molecule has 0 aromatic carbocycles. The van der Waals surface area contributed by atoms with Crippen LogP contribution in [0.1, 0.15) is 27.2 Å². The SMILES string of the molecule is CC(C)C(C)C1CC=NN1. The van der Waals surface area contributed by atoms with Crippen molar-refractivity contribution < 1.29 is 0 Å². The lowest BCUT2D eigenvalue weighted by Gasteiger charge is -2.21. The maximum absolute atomic E-state index is 3.99. The summed E-state index contributed by atoms with van der Waals surface area (Å²) < 4.78 is 0. The molecule has 0 saturated heterocycles. The molecule has 1 aliphatic heterocycles. The number of hydrogen-bond acceptors (Lipinski definition) is 2. The Balaban J connectivity index is 2.34. The molecule has 0 fully saturated rings. The van der Waals surface area contributed by atoms with Gasteiger partial charge < -0.3 is 5.43 Å². The van der Waals surface area contributed by atoms with E-state index in [9.17, 15) is 0 Å². The fourth-order valence-corrected chi connectivity index (χ4v) is 1.16. The van der Waals surface area contributed by atoms with E-state index in [-0.39, 0.29) is 0 Å². The maximum atomic E-state index is 3.99. The van der Waals surface area contributed by atoms with Gasteiger partial charge in [-0.05, 0) is 11.8 Å². The van der Waals surface area contributed by atoms with Gasteiger partial charge in [0.15, 0.2) is 0 Å². The molecule has 2 atom stereocenters. The molecule has 0 aliphatic carbocycles. The number of hydrazone groups is 1. The van der Waals surface area contributed by atoms with Gasteiger partial charge in [0.05, 0.1) is 6.04 Å². The van der Waals surface area contributed by atoms with Crippen LogP contribution < -0.4 is 5.43 Å². The average Bonchev–Trinajstić information content (AvgIpc) is 2.36. The molecule has 2 unspecified atom stereocenters. The molecule has 1 rings (SSSR count). The Hall–Kier alpha value is -0.530. The molecule has 0 saturated carbocycles. The van der Waals surface area contributed by atoms with Crippen molar-refractivity contribution >= 4 is 6.21 Å². The summed E-state index contributed by atoms with van der Waals surface area (Å²) in [6.07, 6.45) is 3.06. The summed E-state index contributed by atoms with van der Waals surface area (Å²) in [4.78, 5) is 0. The van der Waals surface area contributed by atoms with Crippen LogP contribution in [0.3, 0.4) is 0 Å². The molecule has 1 N–H and O–H groups in total. The molecule has 58 valence electrons. The Kier molecular flexibility index (Phi) is 2.30. The first-order valence-corrected chi connectivity index (χ1v) is 3.99. The summed E-state index contributed by atoms with van der Waals surface area (Å²) in [6.45, 7) is 6.78. The van der Waals surface area contributed by atoms with Crippen molar-refractivity contribution in [2.75, 3.05) is 0 Å². The predicted molar refractivity (Wildman–Crippen MR) is 44.0 cm³/mol. The lowest BCUT2D eigenvalue weighted by atomic mass is 9.90. The summed E-state index contributed by atoms with van der Waals surface area (Å²) in [5.41, 5.74) is 3.11. The number of nitrogens with one attached hydrogen (secondary N) is 1. The summed E-state index contributed by atoms with van der Waals surface area (Å²) in [5, 5.41) is 3.99. The second-order valence-electron chi connectivity index (χ2n) is 3.39. The van der Waals surface area contributed by atoms with Crippen molar-refractivity contribution in [3.63, 3.8) is 0 Å². The van der Waals surface area contributed by atoms with Gasteiger partial charge in [-0.2, -0.15) is 5.10 Å². The van der Waals surface area contributed by atoms with E-state index in [1.165, 1.54) is 0 Å². The molecular formula is C8H16N2. The number of hydrogen-bond donors (Lipinski definition) is 1. The van der Waals surface area contributed by atoms with E-state index in [0.717, 1.165) is 18.3 Å². The molecule has 0 amide bonds. The van der Waals surface area contributed by atoms with Gasteiger partial charge in [-0.15, -0.1) is 0 Å². The van der Waals surface area contributed by atoms with E-state index in [4.69, 9.17) is 0 Å². The Morgan fingerprint density at radius 2 is 2.20 bits per heavy atom. The summed E-state index contributed by atoms with van der Waals surface area (Å²) >= 11 is 0. The first kappa shape index (κ1) is 7.58. The Morgan fingerprint density at radius 3 is 2.60 bits per heavy atom. The van der Waals surface area contributed by atoms with Crippen molar-refractivity contribution in [1.29, 1.82) is 0 Å². The molecule has 1 aliphatic rings. The molecule has 0 spiro atoms. The lowest BCUT2D eigenvalue weighted by molar-refractivity contribution is 0.320. The Bertz CT molecular complexity index is 121. The zero-order valence-corrected chi connectivity index (χ0v) is 6.96. The van der Waals surface area contributed by atoms with E-state index in [1.54, 1.807) is 0 Å². The van der Waals surface area contributed by atoms with Crippen LogP contribution >= 0.6 is 0 Å². The predicted octanol–water partition coefficient (Wildman–Crippen LogP) is 1.63. The van der Waals surface area contributed by atoms with E-state index < -0.39 is 0 Å². The van der Waals surface area contributed by atoms with Crippen molar-refractivity contribution in [1.82, 2.24) is 5.43 Å². The van der Waals surface area contributed by atoms with E-state index in [2.05, 4.69) is 31.3 Å². The van der Waals surface area contributed by atoms with Crippen molar-refractivity contribution in [2.45, 2.75) is 33.2 Å². The van der Waals surface area contributed by atoms with Crippen LogP contribution in [-0.2, 0) is 0 Å². The van der Waals surface area contributed by atoms with Crippen LogP contribution in [-0.4, -0.2) is 12.3 Å². The highest BCUT2D eigenvalue weighted by Gasteiger charge is 2.20. The van der Waals surface area contributed by atoms with E-state index >= 15 is 0 Å². The maximum Gasteiger partial charge on any atom is 0.0518 e. The fourth-order valence-electron chi connectivity index (χ4n) is 1.16. The second-order valence-corrected chi connectivity index (χ2v) is 3.39. The third kappa shape index (κ3) is 1.49. The molecule has 0 radical (unpaired) electrons. The van der Waals surface area contributed by atoms with Crippen LogP contribution in [0.15, 0.2) is 5.10 Å². The molecule has 0 aromatic heterocycles. The molecule has 2 nitrogen and oxygen atoms in total. The van der Waals surface area contributed by atoms with Crippen LogP contribution in [0.5, 0.6) is 0 Å². The molecule has 1 heterocycles. The van der Waals surface area contributed by atoms with Gasteiger partial charge in [0.25, 0.3) is 0 Å². The molecule has 0 aromatic rings. The normalized spacial score (nSPS) is 27.0. The number of nitrogens with zero attached hydrogens (tertiary/aromatic N) is 1. The van der Waals surface area contributed by atoms with Crippen LogP contribution in [0.2, 0.25) is 0 Å². The molecule has 10 heavy (non-hydrogen) atoms. The number of rotatable bonds is 2. The lowest BCUT2D eigenvalue weighted by Crippen LogP contribution is -2.30. The van der Waals surface area contributed by atoms with E-state index in [1.807, 2.05) is 6.21 Å². The Labute approximate surface area is 62.7 Å². The quantitative estimate of drug-likeness (QED) is 0.619. The van der Waals surface area contributed by atoms with Crippen molar-refractivity contribution in [2.24, 2.45) is 16.9 Å². The molecular weight excluding hydrogens is 124 g/mol. The molecule has 0 bridgehead atoms. The van der Waals surface area contributed by atoms with Gasteiger partial charge in [-0.1, -0.05) is 20.8 Å². The topological polar surface area (TPSA) is 24.4 Å². The highest BCUT2D eigenvalue weighted by atomic mass is 15.3. The fraction of sp³-hybridized carbons (Fsp3) is 0.875. The highest BCUT2D eigenvalue weighted by Crippen LogP contribution is 2.17. The zero-order valence-electron chi connectivity index (χ0n) is 6.96. The van der Waals surface area contributed by atoms with Crippen molar-refractivity contribution in [3.8, 4) is 0 Å². The van der Waals surface area contributed by atoms with Gasteiger partial charge >= 0.3 is 0 Å². The monoisotopic (exact) mass is 140 g/mol. The average molecular weight is 140 g/mol. The first-order valence-electron chi connectivity index (χ1n) is 3.99. The standard InChI is InChI=1S/C8H16N2/c1-6(2)7(3)8-4-5-9-10-8/h5-8,10H,4H2,1-3H3. The van der Waals surface area contributed by atoms with Gasteiger partial charge in [0, 0.05) is 12.6 Å². The minimum Gasteiger partial charge on any atom is -0.307 e. The Morgan fingerprint density at radius 1 is 1.50 bits per heavy atom. The third-order valence-electron chi connectivity index (χ3n) is 2.38. The van der Waals surface area contributed by atoms with Crippen LogP contribution in [0, 0.1) is 11.8 Å². The van der Waals surface area contributed by atoms with Crippen LogP contribution in [0.4, 0.5) is 0 Å².